The molecular formula is C8H9O3P. The first-order chi connectivity index (χ1) is 5.68. The maximum Gasteiger partial charge on any atom is 0.191 e. The van der Waals surface area contributed by atoms with Crippen molar-refractivity contribution in [3.8, 4) is 5.75 Å². The molecule has 0 fully saturated rings. The predicted octanol–water partition coefficient (Wildman–Crippen LogP) is 1.66. The fourth-order valence-corrected chi connectivity index (χ4v) is 1.04. The highest BCUT2D eigenvalue weighted by molar-refractivity contribution is 7.48. The number of phenolic OH excluding ortho intramolecular Hbond substituents is 1. The lowest BCUT2D eigenvalue weighted by Crippen LogP contribution is -1.69. The Labute approximate surface area is 71.5 Å². The van der Waals surface area contributed by atoms with Gasteiger partial charge in [0.25, 0.3) is 0 Å². The number of phenols is 1. The molecule has 0 aliphatic carbocycles. The molecule has 0 radical (unpaired) electrons. The molecule has 0 aliphatic rings. The molecule has 0 heterocycles. The summed E-state index contributed by atoms with van der Waals surface area (Å²) in [5, 5.41) is 8.92. The van der Waals surface area contributed by atoms with E-state index in [4.69, 9.17) is 14.9 Å². The van der Waals surface area contributed by atoms with Gasteiger partial charge in [-0.05, 0) is 29.6 Å². The number of aromatic hydroxyl groups is 1. The SMILES string of the molecule is Oc1ccc(/C=C/P(O)O)cc1. The van der Waals surface area contributed by atoms with Crippen molar-refractivity contribution in [2.45, 2.75) is 0 Å². The molecule has 0 aliphatic heterocycles. The normalized spacial score (nSPS) is 11.2. The molecular weight excluding hydrogens is 175 g/mol. The van der Waals surface area contributed by atoms with Crippen LogP contribution in [-0.4, -0.2) is 14.9 Å². The van der Waals surface area contributed by atoms with Crippen molar-refractivity contribution < 1.29 is 14.9 Å². The lowest BCUT2D eigenvalue weighted by atomic mass is 10.2. The van der Waals surface area contributed by atoms with Gasteiger partial charge < -0.3 is 14.9 Å². The molecule has 12 heavy (non-hydrogen) atoms. The van der Waals surface area contributed by atoms with Gasteiger partial charge in [-0.2, -0.15) is 0 Å². The zero-order chi connectivity index (χ0) is 8.97. The summed E-state index contributed by atoms with van der Waals surface area (Å²) in [7, 11) is -1.97. The van der Waals surface area contributed by atoms with Crippen LogP contribution in [0, 0.1) is 0 Å². The van der Waals surface area contributed by atoms with Gasteiger partial charge in [-0.3, -0.25) is 0 Å². The van der Waals surface area contributed by atoms with Gasteiger partial charge in [0.1, 0.15) is 5.75 Å². The largest absolute Gasteiger partial charge is 0.508 e. The smallest absolute Gasteiger partial charge is 0.191 e. The molecule has 64 valence electrons. The lowest BCUT2D eigenvalue weighted by molar-refractivity contribution is 0.475. The van der Waals surface area contributed by atoms with E-state index >= 15 is 0 Å². The van der Waals surface area contributed by atoms with Crippen LogP contribution in [0.3, 0.4) is 0 Å². The molecule has 0 saturated heterocycles. The van der Waals surface area contributed by atoms with Crippen LogP contribution in [0.5, 0.6) is 5.75 Å². The first-order valence-corrected chi connectivity index (χ1v) is 4.64. The number of hydrogen-bond donors (Lipinski definition) is 3. The van der Waals surface area contributed by atoms with Crippen molar-refractivity contribution in [2.75, 3.05) is 0 Å². The Hall–Kier alpha value is -0.890. The number of rotatable bonds is 2. The second-order valence-corrected chi connectivity index (χ2v) is 3.17. The molecule has 4 heteroatoms. The molecule has 0 spiro atoms. The molecule has 0 atom stereocenters. The van der Waals surface area contributed by atoms with E-state index in [0.717, 1.165) is 5.56 Å². The van der Waals surface area contributed by atoms with Crippen molar-refractivity contribution in [3.63, 3.8) is 0 Å². The summed E-state index contributed by atoms with van der Waals surface area (Å²) >= 11 is 0. The predicted molar refractivity (Wildman–Crippen MR) is 48.5 cm³/mol. The zero-order valence-corrected chi connectivity index (χ0v) is 7.15. The monoisotopic (exact) mass is 184 g/mol. The van der Waals surface area contributed by atoms with Crippen LogP contribution in [0.4, 0.5) is 0 Å². The lowest BCUT2D eigenvalue weighted by Gasteiger charge is -1.94. The minimum atomic E-state index is -1.97. The molecule has 1 aromatic rings. The van der Waals surface area contributed by atoms with Crippen molar-refractivity contribution in [1.82, 2.24) is 0 Å². The van der Waals surface area contributed by atoms with Crippen LogP contribution in [0.25, 0.3) is 6.08 Å². The third-order valence-electron chi connectivity index (χ3n) is 1.29. The van der Waals surface area contributed by atoms with E-state index in [1.165, 1.54) is 17.9 Å². The highest BCUT2D eigenvalue weighted by Crippen LogP contribution is 2.25. The van der Waals surface area contributed by atoms with Gasteiger partial charge in [0.15, 0.2) is 8.38 Å². The summed E-state index contributed by atoms with van der Waals surface area (Å²) in [6.07, 6.45) is 1.59. The highest BCUT2D eigenvalue weighted by atomic mass is 31.2. The molecule has 0 bridgehead atoms. The second kappa shape index (κ2) is 4.21. The van der Waals surface area contributed by atoms with Crippen molar-refractivity contribution >= 4 is 14.5 Å². The Morgan fingerprint density at radius 2 is 1.67 bits per heavy atom. The van der Waals surface area contributed by atoms with Gasteiger partial charge in [0.2, 0.25) is 0 Å². The van der Waals surface area contributed by atoms with E-state index in [9.17, 15) is 0 Å². The average molecular weight is 184 g/mol. The Morgan fingerprint density at radius 1 is 1.08 bits per heavy atom. The number of benzene rings is 1. The van der Waals surface area contributed by atoms with E-state index in [-0.39, 0.29) is 5.75 Å². The van der Waals surface area contributed by atoms with Crippen molar-refractivity contribution in [2.24, 2.45) is 0 Å². The Bertz CT molecular complexity index is 266. The van der Waals surface area contributed by atoms with Crippen LogP contribution < -0.4 is 0 Å². The second-order valence-electron chi connectivity index (χ2n) is 2.23. The zero-order valence-electron chi connectivity index (χ0n) is 6.25. The van der Waals surface area contributed by atoms with Gasteiger partial charge in [0.05, 0.1) is 0 Å². The Balaban J connectivity index is 2.71. The van der Waals surface area contributed by atoms with E-state index in [1.807, 2.05) is 0 Å². The van der Waals surface area contributed by atoms with Crippen LogP contribution in [0.1, 0.15) is 5.56 Å². The first kappa shape index (κ1) is 9.20. The molecule has 0 unspecified atom stereocenters. The molecule has 0 aromatic heterocycles. The summed E-state index contributed by atoms with van der Waals surface area (Å²) in [6, 6.07) is 6.45. The molecule has 1 aromatic carbocycles. The van der Waals surface area contributed by atoms with E-state index in [0.29, 0.717) is 0 Å². The minimum absolute atomic E-state index is 0.197. The summed E-state index contributed by atoms with van der Waals surface area (Å²) in [6.45, 7) is 0. The maximum absolute atomic E-state index is 8.92. The summed E-state index contributed by atoms with van der Waals surface area (Å²) in [5.41, 5.74) is 0.823. The third-order valence-corrected chi connectivity index (χ3v) is 1.71. The summed E-state index contributed by atoms with van der Waals surface area (Å²) in [5.74, 6) is 1.50. The van der Waals surface area contributed by atoms with Gasteiger partial charge in [-0.1, -0.05) is 12.1 Å². The number of hydrogen-bond acceptors (Lipinski definition) is 3. The van der Waals surface area contributed by atoms with E-state index in [1.54, 1.807) is 18.2 Å². The third kappa shape index (κ3) is 3.01. The van der Waals surface area contributed by atoms with Gasteiger partial charge >= 0.3 is 0 Å². The Morgan fingerprint density at radius 3 is 2.17 bits per heavy atom. The Kier molecular flexibility index (Phi) is 3.23. The van der Waals surface area contributed by atoms with E-state index in [2.05, 4.69) is 0 Å². The van der Waals surface area contributed by atoms with E-state index < -0.39 is 8.38 Å². The fourth-order valence-electron chi connectivity index (χ4n) is 0.738. The quantitative estimate of drug-likeness (QED) is 0.612. The minimum Gasteiger partial charge on any atom is -0.508 e. The fraction of sp³-hybridized carbons (Fsp3) is 0. The summed E-state index contributed by atoms with van der Waals surface area (Å²) in [4.78, 5) is 17.1. The highest BCUT2D eigenvalue weighted by Gasteiger charge is 1.90. The van der Waals surface area contributed by atoms with Crippen LogP contribution in [0.2, 0.25) is 0 Å². The van der Waals surface area contributed by atoms with Crippen LogP contribution >= 0.6 is 8.38 Å². The van der Waals surface area contributed by atoms with Crippen LogP contribution in [0.15, 0.2) is 30.1 Å². The van der Waals surface area contributed by atoms with Crippen molar-refractivity contribution in [1.29, 1.82) is 0 Å². The summed E-state index contributed by atoms with van der Waals surface area (Å²) < 4.78 is 0. The van der Waals surface area contributed by atoms with Gasteiger partial charge in [-0.15, -0.1) is 0 Å². The van der Waals surface area contributed by atoms with Crippen molar-refractivity contribution in [3.05, 3.63) is 35.6 Å². The first-order valence-electron chi connectivity index (χ1n) is 3.33. The molecule has 3 nitrogen and oxygen atoms in total. The topological polar surface area (TPSA) is 60.7 Å². The van der Waals surface area contributed by atoms with Gasteiger partial charge in [-0.25, -0.2) is 0 Å². The molecule has 0 saturated carbocycles. The molecule has 1 rings (SSSR count). The van der Waals surface area contributed by atoms with Gasteiger partial charge in [0, 0.05) is 0 Å². The average Bonchev–Trinajstić information content (AvgIpc) is 2.03. The maximum atomic E-state index is 8.92. The van der Waals surface area contributed by atoms with Crippen LogP contribution in [-0.2, 0) is 0 Å². The standard InChI is InChI=1S/C8H9O3P/c9-8-3-1-7(2-4-8)5-6-12(10)11/h1-6,9-11H/b6-5+. The molecule has 0 amide bonds. The molecule has 3 N–H and O–H groups in total.